The van der Waals surface area contributed by atoms with Gasteiger partial charge in [-0.3, -0.25) is 4.98 Å². The summed E-state index contributed by atoms with van der Waals surface area (Å²) in [6, 6.07) is 2.10. The molecule has 18 heavy (non-hydrogen) atoms. The van der Waals surface area contributed by atoms with Gasteiger partial charge in [-0.2, -0.15) is 0 Å². The second-order valence-electron chi connectivity index (χ2n) is 5.68. The highest BCUT2D eigenvalue weighted by Gasteiger charge is 2.23. The predicted octanol–water partition coefficient (Wildman–Crippen LogP) is 2.75. The zero-order valence-electron chi connectivity index (χ0n) is 11.7. The molecule has 0 radical (unpaired) electrons. The average Bonchev–Trinajstić information content (AvgIpc) is 2.39. The van der Waals surface area contributed by atoms with Crippen molar-refractivity contribution in [1.82, 2.24) is 4.98 Å². The van der Waals surface area contributed by atoms with Crippen molar-refractivity contribution in [3.8, 4) is 0 Å². The zero-order chi connectivity index (χ0) is 13.1. The van der Waals surface area contributed by atoms with E-state index in [1.54, 1.807) is 6.20 Å². The Balaban J connectivity index is 2.11. The Labute approximate surface area is 110 Å². The molecule has 2 heterocycles. The van der Waals surface area contributed by atoms with Gasteiger partial charge in [-0.05, 0) is 37.7 Å². The molecular weight excluding hydrogens is 224 g/mol. The molecule has 3 nitrogen and oxygen atoms in total. The Kier molecular flexibility index (Phi) is 4.23. The molecule has 1 N–H and O–H groups in total. The van der Waals surface area contributed by atoms with Crippen LogP contribution in [0.3, 0.4) is 0 Å². The van der Waals surface area contributed by atoms with Crippen molar-refractivity contribution in [3.05, 3.63) is 23.5 Å². The van der Waals surface area contributed by atoms with Gasteiger partial charge in [0, 0.05) is 36.2 Å². The molecule has 1 aromatic heterocycles. The van der Waals surface area contributed by atoms with E-state index in [1.807, 2.05) is 6.92 Å². The standard InChI is InChI=1S/C15H24N2O/c1-11(2)13-4-6-17(7-5-13)15-8-12(3)16-9-14(15)10-18/h8-9,11,13,18H,4-7,10H2,1-3H3. The van der Waals surface area contributed by atoms with E-state index >= 15 is 0 Å². The first-order valence-corrected chi connectivity index (χ1v) is 6.93. The van der Waals surface area contributed by atoms with Gasteiger partial charge in [0.25, 0.3) is 0 Å². The van der Waals surface area contributed by atoms with Crippen molar-refractivity contribution in [2.24, 2.45) is 11.8 Å². The van der Waals surface area contributed by atoms with E-state index in [9.17, 15) is 5.11 Å². The lowest BCUT2D eigenvalue weighted by Gasteiger charge is -2.36. The maximum atomic E-state index is 9.41. The normalized spacial score (nSPS) is 17.5. The molecule has 0 saturated carbocycles. The van der Waals surface area contributed by atoms with Crippen LogP contribution in [0.25, 0.3) is 0 Å². The lowest BCUT2D eigenvalue weighted by molar-refractivity contribution is 0.279. The van der Waals surface area contributed by atoms with Gasteiger partial charge in [0.05, 0.1) is 6.61 Å². The summed E-state index contributed by atoms with van der Waals surface area (Å²) in [5.41, 5.74) is 3.14. The number of aliphatic hydroxyl groups excluding tert-OH is 1. The zero-order valence-corrected chi connectivity index (χ0v) is 11.7. The Hall–Kier alpha value is -1.09. The quantitative estimate of drug-likeness (QED) is 0.893. The molecule has 0 aromatic carbocycles. The van der Waals surface area contributed by atoms with Gasteiger partial charge in [-0.15, -0.1) is 0 Å². The highest BCUT2D eigenvalue weighted by atomic mass is 16.3. The summed E-state index contributed by atoms with van der Waals surface area (Å²) >= 11 is 0. The SMILES string of the molecule is Cc1cc(N2CCC(C(C)C)CC2)c(CO)cn1. The van der Waals surface area contributed by atoms with Crippen molar-refractivity contribution in [2.45, 2.75) is 40.2 Å². The van der Waals surface area contributed by atoms with Crippen LogP contribution in [-0.2, 0) is 6.61 Å². The van der Waals surface area contributed by atoms with Crippen LogP contribution >= 0.6 is 0 Å². The molecule has 0 bridgehead atoms. The van der Waals surface area contributed by atoms with E-state index in [2.05, 4.69) is 29.8 Å². The summed E-state index contributed by atoms with van der Waals surface area (Å²) in [5.74, 6) is 1.63. The van der Waals surface area contributed by atoms with E-state index in [-0.39, 0.29) is 6.61 Å². The number of pyridine rings is 1. The highest BCUT2D eigenvalue weighted by Crippen LogP contribution is 2.29. The van der Waals surface area contributed by atoms with E-state index < -0.39 is 0 Å². The van der Waals surface area contributed by atoms with Crippen molar-refractivity contribution in [3.63, 3.8) is 0 Å². The van der Waals surface area contributed by atoms with Gasteiger partial charge in [0.15, 0.2) is 0 Å². The van der Waals surface area contributed by atoms with Crippen LogP contribution in [0.15, 0.2) is 12.3 Å². The Morgan fingerprint density at radius 2 is 2.06 bits per heavy atom. The fourth-order valence-electron chi connectivity index (χ4n) is 2.80. The Morgan fingerprint density at radius 3 is 2.61 bits per heavy atom. The van der Waals surface area contributed by atoms with Crippen molar-refractivity contribution in [2.75, 3.05) is 18.0 Å². The van der Waals surface area contributed by atoms with Crippen LogP contribution in [0.2, 0.25) is 0 Å². The van der Waals surface area contributed by atoms with E-state index in [0.717, 1.165) is 36.2 Å². The van der Waals surface area contributed by atoms with Crippen LogP contribution in [0.1, 0.15) is 37.9 Å². The minimum absolute atomic E-state index is 0.0761. The molecule has 1 aliphatic heterocycles. The molecule has 1 fully saturated rings. The fourth-order valence-corrected chi connectivity index (χ4v) is 2.80. The molecule has 100 valence electrons. The number of hydrogen-bond donors (Lipinski definition) is 1. The van der Waals surface area contributed by atoms with Gasteiger partial charge in [-0.25, -0.2) is 0 Å². The molecule has 2 rings (SSSR count). The van der Waals surface area contributed by atoms with Gasteiger partial charge >= 0.3 is 0 Å². The third-order valence-corrected chi connectivity index (χ3v) is 4.09. The number of aromatic nitrogens is 1. The molecule has 1 saturated heterocycles. The average molecular weight is 248 g/mol. The monoisotopic (exact) mass is 248 g/mol. The van der Waals surface area contributed by atoms with Crippen molar-refractivity contribution >= 4 is 5.69 Å². The third-order valence-electron chi connectivity index (χ3n) is 4.09. The molecule has 0 atom stereocenters. The predicted molar refractivity (Wildman–Crippen MR) is 74.7 cm³/mol. The van der Waals surface area contributed by atoms with E-state index in [0.29, 0.717) is 0 Å². The number of anilines is 1. The lowest BCUT2D eigenvalue weighted by atomic mass is 9.86. The van der Waals surface area contributed by atoms with Gasteiger partial charge in [0.2, 0.25) is 0 Å². The minimum atomic E-state index is 0.0761. The molecule has 1 aromatic rings. The van der Waals surface area contributed by atoms with Crippen LogP contribution in [0.5, 0.6) is 0 Å². The van der Waals surface area contributed by atoms with E-state index in [1.165, 1.54) is 18.5 Å². The molecule has 0 aliphatic carbocycles. The number of aliphatic hydroxyl groups is 1. The van der Waals surface area contributed by atoms with Gasteiger partial charge in [-0.1, -0.05) is 13.8 Å². The minimum Gasteiger partial charge on any atom is -0.392 e. The van der Waals surface area contributed by atoms with Crippen LogP contribution < -0.4 is 4.90 Å². The molecular formula is C15H24N2O. The summed E-state index contributed by atoms with van der Waals surface area (Å²) in [4.78, 5) is 6.66. The van der Waals surface area contributed by atoms with E-state index in [4.69, 9.17) is 0 Å². The van der Waals surface area contributed by atoms with Crippen molar-refractivity contribution < 1.29 is 5.11 Å². The molecule has 0 spiro atoms. The number of hydrogen-bond acceptors (Lipinski definition) is 3. The van der Waals surface area contributed by atoms with Gasteiger partial charge in [0.1, 0.15) is 0 Å². The third kappa shape index (κ3) is 2.83. The van der Waals surface area contributed by atoms with Crippen LogP contribution in [0, 0.1) is 18.8 Å². The topological polar surface area (TPSA) is 36.4 Å². The first kappa shape index (κ1) is 13.3. The van der Waals surface area contributed by atoms with Crippen LogP contribution in [0.4, 0.5) is 5.69 Å². The number of rotatable bonds is 3. The largest absolute Gasteiger partial charge is 0.392 e. The summed E-state index contributed by atoms with van der Waals surface area (Å²) in [5, 5.41) is 9.41. The maximum absolute atomic E-state index is 9.41. The smallest absolute Gasteiger partial charge is 0.0717 e. The summed E-state index contributed by atoms with van der Waals surface area (Å²) in [6.07, 6.45) is 4.31. The first-order valence-electron chi connectivity index (χ1n) is 6.93. The Morgan fingerprint density at radius 1 is 1.39 bits per heavy atom. The summed E-state index contributed by atoms with van der Waals surface area (Å²) < 4.78 is 0. The number of aryl methyl sites for hydroxylation is 1. The highest BCUT2D eigenvalue weighted by molar-refractivity contribution is 5.53. The summed E-state index contributed by atoms with van der Waals surface area (Å²) in [7, 11) is 0. The molecule has 0 amide bonds. The molecule has 3 heteroatoms. The first-order chi connectivity index (χ1) is 8.61. The lowest BCUT2D eigenvalue weighted by Crippen LogP contribution is -2.35. The molecule has 1 aliphatic rings. The van der Waals surface area contributed by atoms with Crippen molar-refractivity contribution in [1.29, 1.82) is 0 Å². The Bertz CT molecular complexity index is 395. The number of nitrogens with zero attached hydrogens (tertiary/aromatic N) is 2. The van der Waals surface area contributed by atoms with Gasteiger partial charge < -0.3 is 10.0 Å². The second kappa shape index (κ2) is 5.70. The summed E-state index contributed by atoms with van der Waals surface area (Å²) in [6.45, 7) is 8.91. The molecule has 0 unspecified atom stereocenters. The maximum Gasteiger partial charge on any atom is 0.0717 e. The second-order valence-corrected chi connectivity index (χ2v) is 5.68. The number of piperidine rings is 1. The fraction of sp³-hybridized carbons (Fsp3) is 0.667. The van der Waals surface area contributed by atoms with Crippen LogP contribution in [-0.4, -0.2) is 23.2 Å².